The SMILES string of the molecule is c1ccc(-c2ccccc2-c2c(-c3ccccc3)cccc2N(c2ccc(-c3ccc4c(c3)sc3ccccc34)cc2)c2ccc3c(c2)C(c2ccccc2)(c2ccccc2)c2ccccc2-3)cc1. The molecule has 0 amide bonds. The standard InChI is InChI=1S/C67H45NS/c1-5-20-47(21-6-1)54-28-13-14-31-60(54)66-55(48-22-7-2-8-23-48)32-19-34-63(66)68(52-39-36-46(37-40-52)49-38-42-59-58-30-16-18-35-64(58)69-65(59)44-49)53-41-43-57-56-29-15-17-33-61(56)67(62(57)45-53,50-24-9-3-10-25-50)51-26-11-4-12-27-51/h1-45H. The van der Waals surface area contributed by atoms with Crippen LogP contribution < -0.4 is 4.90 Å². The average Bonchev–Trinajstić information content (AvgIpc) is 3.95. The molecule has 11 aromatic carbocycles. The smallest absolute Gasteiger partial charge is 0.0714 e. The molecule has 1 aromatic heterocycles. The van der Waals surface area contributed by atoms with Crippen LogP contribution in [0.3, 0.4) is 0 Å². The van der Waals surface area contributed by atoms with Crippen LogP contribution >= 0.6 is 11.3 Å². The Bertz CT molecular complexity index is 3780. The first kappa shape index (κ1) is 40.7. The quantitative estimate of drug-likeness (QED) is 0.140. The summed E-state index contributed by atoms with van der Waals surface area (Å²) in [6.45, 7) is 0. The maximum absolute atomic E-state index is 2.51. The summed E-state index contributed by atoms with van der Waals surface area (Å²) >= 11 is 1.86. The third kappa shape index (κ3) is 6.75. The number of hydrogen-bond acceptors (Lipinski definition) is 2. The van der Waals surface area contributed by atoms with Crippen molar-refractivity contribution < 1.29 is 0 Å². The Balaban J connectivity index is 1.07. The second-order valence-corrected chi connectivity index (χ2v) is 19.0. The van der Waals surface area contributed by atoms with Crippen molar-refractivity contribution in [1.29, 1.82) is 0 Å². The largest absolute Gasteiger partial charge is 0.310 e. The Kier molecular flexibility index (Phi) is 10.00. The van der Waals surface area contributed by atoms with Gasteiger partial charge in [0.2, 0.25) is 0 Å². The van der Waals surface area contributed by atoms with E-state index in [0.717, 1.165) is 17.1 Å². The van der Waals surface area contributed by atoms with Gasteiger partial charge in [0.1, 0.15) is 0 Å². The molecular formula is C67H45NS. The number of nitrogens with zero attached hydrogens (tertiary/aromatic N) is 1. The fourth-order valence-electron chi connectivity index (χ4n) is 11.1. The van der Waals surface area contributed by atoms with Gasteiger partial charge in [0.05, 0.1) is 11.1 Å². The van der Waals surface area contributed by atoms with Gasteiger partial charge in [-0.05, 0) is 115 Å². The third-order valence-corrected chi connectivity index (χ3v) is 15.3. The molecule has 13 rings (SSSR count). The van der Waals surface area contributed by atoms with Crippen LogP contribution in [0, 0.1) is 0 Å². The molecule has 0 atom stereocenters. The molecule has 0 saturated carbocycles. The lowest BCUT2D eigenvalue weighted by atomic mass is 9.67. The van der Waals surface area contributed by atoms with Gasteiger partial charge in [-0.3, -0.25) is 0 Å². The predicted octanol–water partition coefficient (Wildman–Crippen LogP) is 18.6. The molecule has 0 unspecified atom stereocenters. The molecule has 1 aliphatic rings. The van der Waals surface area contributed by atoms with Crippen LogP contribution in [0.5, 0.6) is 0 Å². The molecule has 0 radical (unpaired) electrons. The molecule has 0 N–H and O–H groups in total. The van der Waals surface area contributed by atoms with Crippen molar-refractivity contribution in [1.82, 2.24) is 0 Å². The van der Waals surface area contributed by atoms with E-state index < -0.39 is 5.41 Å². The first-order valence-electron chi connectivity index (χ1n) is 23.7. The van der Waals surface area contributed by atoms with E-state index in [1.165, 1.54) is 98.1 Å². The van der Waals surface area contributed by atoms with Gasteiger partial charge in [-0.15, -0.1) is 11.3 Å². The number of hydrogen-bond donors (Lipinski definition) is 0. The first-order valence-corrected chi connectivity index (χ1v) is 24.6. The van der Waals surface area contributed by atoms with Gasteiger partial charge >= 0.3 is 0 Å². The Morgan fingerprint density at radius 3 is 1.52 bits per heavy atom. The maximum atomic E-state index is 2.51. The minimum absolute atomic E-state index is 0.556. The van der Waals surface area contributed by atoms with E-state index in [4.69, 9.17) is 0 Å². The van der Waals surface area contributed by atoms with Crippen LogP contribution in [0.1, 0.15) is 22.3 Å². The van der Waals surface area contributed by atoms with E-state index in [1.54, 1.807) is 0 Å². The summed E-state index contributed by atoms with van der Waals surface area (Å²) < 4.78 is 2.62. The van der Waals surface area contributed by atoms with Crippen molar-refractivity contribution in [2.24, 2.45) is 0 Å². The number of anilines is 3. The van der Waals surface area contributed by atoms with Crippen LogP contribution in [-0.2, 0) is 5.41 Å². The molecule has 0 fully saturated rings. The Hall–Kier alpha value is -8.56. The highest BCUT2D eigenvalue weighted by Gasteiger charge is 2.46. The molecule has 69 heavy (non-hydrogen) atoms. The van der Waals surface area contributed by atoms with Crippen molar-refractivity contribution in [2.45, 2.75) is 5.41 Å². The van der Waals surface area contributed by atoms with Crippen molar-refractivity contribution in [3.05, 3.63) is 295 Å². The van der Waals surface area contributed by atoms with Crippen molar-refractivity contribution in [3.8, 4) is 55.6 Å². The lowest BCUT2D eigenvalue weighted by Gasteiger charge is -2.35. The fraction of sp³-hybridized carbons (Fsp3) is 0.0149. The molecular weight excluding hydrogens is 851 g/mol. The zero-order valence-corrected chi connectivity index (χ0v) is 38.7. The van der Waals surface area contributed by atoms with E-state index in [0.29, 0.717) is 0 Å². The summed E-state index contributed by atoms with van der Waals surface area (Å²) in [5.74, 6) is 0. The second kappa shape index (κ2) is 16.9. The normalized spacial score (nSPS) is 12.5. The molecule has 0 aliphatic heterocycles. The van der Waals surface area contributed by atoms with Crippen LogP contribution in [0.15, 0.2) is 273 Å². The maximum Gasteiger partial charge on any atom is 0.0714 e. The van der Waals surface area contributed by atoms with Gasteiger partial charge in [-0.25, -0.2) is 0 Å². The zero-order chi connectivity index (χ0) is 45.7. The van der Waals surface area contributed by atoms with Crippen molar-refractivity contribution in [2.75, 3.05) is 4.90 Å². The second-order valence-electron chi connectivity index (χ2n) is 17.9. The molecule has 2 heteroatoms. The zero-order valence-electron chi connectivity index (χ0n) is 37.8. The molecule has 324 valence electrons. The van der Waals surface area contributed by atoms with Crippen LogP contribution in [0.4, 0.5) is 17.1 Å². The predicted molar refractivity (Wildman–Crippen MR) is 293 cm³/mol. The van der Waals surface area contributed by atoms with Crippen LogP contribution in [-0.4, -0.2) is 0 Å². The summed E-state index contributed by atoms with van der Waals surface area (Å²) in [4.78, 5) is 2.51. The molecule has 1 nitrogen and oxygen atoms in total. The van der Waals surface area contributed by atoms with Gasteiger partial charge in [0.15, 0.2) is 0 Å². The minimum atomic E-state index is -0.556. The van der Waals surface area contributed by atoms with E-state index >= 15 is 0 Å². The number of fused-ring (bicyclic) bond motifs is 6. The van der Waals surface area contributed by atoms with Gasteiger partial charge in [0.25, 0.3) is 0 Å². The fourth-order valence-corrected chi connectivity index (χ4v) is 12.3. The highest BCUT2D eigenvalue weighted by molar-refractivity contribution is 7.25. The summed E-state index contributed by atoms with van der Waals surface area (Å²) in [7, 11) is 0. The van der Waals surface area contributed by atoms with Gasteiger partial charge in [-0.1, -0.05) is 231 Å². The van der Waals surface area contributed by atoms with Crippen molar-refractivity contribution in [3.63, 3.8) is 0 Å². The summed E-state index contributed by atoms with van der Waals surface area (Å²) in [5.41, 5.74) is 19.7. The molecule has 0 bridgehead atoms. The minimum Gasteiger partial charge on any atom is -0.310 e. The Morgan fingerprint density at radius 2 is 0.812 bits per heavy atom. The summed E-state index contributed by atoms with van der Waals surface area (Å²) in [6, 6.07) is 101. The monoisotopic (exact) mass is 895 g/mol. The lowest BCUT2D eigenvalue weighted by Crippen LogP contribution is -2.28. The number of thiophene rings is 1. The van der Waals surface area contributed by atoms with E-state index in [1.807, 2.05) is 11.3 Å². The van der Waals surface area contributed by atoms with E-state index in [2.05, 4.69) is 278 Å². The Morgan fingerprint density at radius 1 is 0.290 bits per heavy atom. The number of rotatable bonds is 9. The summed E-state index contributed by atoms with van der Waals surface area (Å²) in [6.07, 6.45) is 0. The average molecular weight is 896 g/mol. The van der Waals surface area contributed by atoms with Gasteiger partial charge in [0, 0.05) is 37.1 Å². The topological polar surface area (TPSA) is 3.24 Å². The van der Waals surface area contributed by atoms with Crippen LogP contribution in [0.2, 0.25) is 0 Å². The molecule has 1 aliphatic carbocycles. The summed E-state index contributed by atoms with van der Waals surface area (Å²) in [5, 5.41) is 2.63. The van der Waals surface area contributed by atoms with Gasteiger partial charge in [-0.2, -0.15) is 0 Å². The van der Waals surface area contributed by atoms with Crippen LogP contribution in [0.25, 0.3) is 75.8 Å². The van der Waals surface area contributed by atoms with Gasteiger partial charge < -0.3 is 4.90 Å². The molecule has 0 spiro atoms. The van der Waals surface area contributed by atoms with Crippen molar-refractivity contribution >= 4 is 48.6 Å². The Labute approximate surface area is 407 Å². The first-order chi connectivity index (χ1) is 34.2. The molecule has 0 saturated heterocycles. The molecule has 12 aromatic rings. The number of benzene rings is 11. The lowest BCUT2D eigenvalue weighted by molar-refractivity contribution is 0.768. The highest BCUT2D eigenvalue weighted by Crippen LogP contribution is 2.58. The van der Waals surface area contributed by atoms with E-state index in [9.17, 15) is 0 Å². The third-order valence-electron chi connectivity index (χ3n) is 14.2. The van der Waals surface area contributed by atoms with E-state index in [-0.39, 0.29) is 0 Å². The molecule has 1 heterocycles. The highest BCUT2D eigenvalue weighted by atomic mass is 32.1.